The quantitative estimate of drug-likeness (QED) is 0.718. The van der Waals surface area contributed by atoms with Crippen LogP contribution in [-0.4, -0.2) is 46.6 Å². The molecule has 0 bridgehead atoms. The van der Waals surface area contributed by atoms with Gasteiger partial charge in [-0.3, -0.25) is 10.1 Å². The summed E-state index contributed by atoms with van der Waals surface area (Å²) in [6.45, 7) is 0.339. The molecule has 2 aliphatic heterocycles. The maximum Gasteiger partial charge on any atom is 0.416 e. The molecule has 2 heterocycles. The normalized spacial score (nSPS) is 19.6. The van der Waals surface area contributed by atoms with Gasteiger partial charge < -0.3 is 15.3 Å². The fourth-order valence-electron chi connectivity index (χ4n) is 2.89. The van der Waals surface area contributed by atoms with Gasteiger partial charge in [-0.1, -0.05) is 6.07 Å². The minimum atomic E-state index is -4.47. The highest BCUT2D eigenvalue weighted by Gasteiger charge is 2.46. The summed E-state index contributed by atoms with van der Waals surface area (Å²) in [5, 5.41) is 14.2. The zero-order valence-corrected chi connectivity index (χ0v) is 12.9. The van der Waals surface area contributed by atoms with Crippen LogP contribution in [0.4, 0.5) is 23.7 Å². The van der Waals surface area contributed by atoms with Gasteiger partial charge in [-0.2, -0.15) is 13.2 Å². The second kappa shape index (κ2) is 5.94. The number of halogens is 3. The van der Waals surface area contributed by atoms with Crippen molar-refractivity contribution in [2.24, 2.45) is 4.99 Å². The van der Waals surface area contributed by atoms with Gasteiger partial charge in [0, 0.05) is 18.8 Å². The number of hydrogen-bond acceptors (Lipinski definition) is 4. The second-order valence-electron chi connectivity index (χ2n) is 5.92. The number of amides is 2. The van der Waals surface area contributed by atoms with Crippen molar-refractivity contribution in [1.29, 1.82) is 0 Å². The number of carboxylic acid groups (broad SMARTS) is 1. The molecule has 1 fully saturated rings. The van der Waals surface area contributed by atoms with Gasteiger partial charge >= 0.3 is 12.3 Å². The maximum atomic E-state index is 12.8. The number of carbonyl (C=O) groups is 2. The van der Waals surface area contributed by atoms with Gasteiger partial charge in [0.2, 0.25) is 5.96 Å². The van der Waals surface area contributed by atoms with Crippen LogP contribution >= 0.6 is 0 Å². The molecule has 0 radical (unpaired) electrons. The molecule has 0 aromatic heterocycles. The van der Waals surface area contributed by atoms with Crippen LogP contribution in [0.15, 0.2) is 29.3 Å². The van der Waals surface area contributed by atoms with Crippen LogP contribution in [0.3, 0.4) is 0 Å². The molecule has 0 aliphatic carbocycles. The Morgan fingerprint density at radius 2 is 2.00 bits per heavy atom. The molecular formula is C15H15F3N4O3. The maximum absolute atomic E-state index is 12.8. The highest BCUT2D eigenvalue weighted by atomic mass is 19.4. The van der Waals surface area contributed by atoms with Crippen molar-refractivity contribution in [3.63, 3.8) is 0 Å². The lowest BCUT2D eigenvalue weighted by atomic mass is 9.88. The molecule has 1 aromatic carbocycles. The van der Waals surface area contributed by atoms with Crippen LogP contribution in [-0.2, 0) is 11.0 Å². The fourth-order valence-corrected chi connectivity index (χ4v) is 2.89. The van der Waals surface area contributed by atoms with Crippen molar-refractivity contribution in [2.75, 3.05) is 18.4 Å². The van der Waals surface area contributed by atoms with E-state index in [9.17, 15) is 22.8 Å². The van der Waals surface area contributed by atoms with Gasteiger partial charge in [0.15, 0.2) is 0 Å². The Bertz CT molecular complexity index is 740. The van der Waals surface area contributed by atoms with Crippen LogP contribution in [0.1, 0.15) is 18.4 Å². The van der Waals surface area contributed by atoms with E-state index in [2.05, 4.69) is 15.6 Å². The van der Waals surface area contributed by atoms with Crippen molar-refractivity contribution < 1.29 is 27.9 Å². The van der Waals surface area contributed by atoms with Gasteiger partial charge in [0.05, 0.1) is 5.56 Å². The number of carbonyl (C=O) groups excluding carboxylic acids is 1. The summed E-state index contributed by atoms with van der Waals surface area (Å²) in [7, 11) is 0. The third kappa shape index (κ3) is 3.37. The molecule has 10 heteroatoms. The Hall–Kier alpha value is -2.78. The molecule has 2 aliphatic rings. The number of hydrogen-bond donors (Lipinski definition) is 3. The smallest absolute Gasteiger partial charge is 0.416 e. The summed E-state index contributed by atoms with van der Waals surface area (Å²) in [6.07, 6.45) is -5.08. The van der Waals surface area contributed by atoms with E-state index in [1.165, 1.54) is 17.0 Å². The zero-order chi connectivity index (χ0) is 18.2. The van der Waals surface area contributed by atoms with Crippen LogP contribution in [0.25, 0.3) is 0 Å². The first kappa shape index (κ1) is 17.1. The van der Waals surface area contributed by atoms with E-state index in [1.54, 1.807) is 0 Å². The first-order valence-corrected chi connectivity index (χ1v) is 7.53. The number of piperidine rings is 1. The van der Waals surface area contributed by atoms with Gasteiger partial charge in [-0.05, 0) is 31.0 Å². The first-order valence-electron chi connectivity index (χ1n) is 7.53. The number of likely N-dealkylation sites (tertiary alicyclic amines) is 1. The van der Waals surface area contributed by atoms with Gasteiger partial charge in [-0.15, -0.1) is 0 Å². The fraction of sp³-hybridized carbons (Fsp3) is 0.400. The molecule has 2 amide bonds. The van der Waals surface area contributed by atoms with Crippen molar-refractivity contribution in [1.82, 2.24) is 10.2 Å². The van der Waals surface area contributed by atoms with Crippen molar-refractivity contribution in [3.05, 3.63) is 29.8 Å². The highest BCUT2D eigenvalue weighted by molar-refractivity contribution is 6.12. The van der Waals surface area contributed by atoms with Crippen molar-refractivity contribution >= 4 is 23.6 Å². The number of anilines is 1. The van der Waals surface area contributed by atoms with Crippen LogP contribution in [0.5, 0.6) is 0 Å². The van der Waals surface area contributed by atoms with Gasteiger partial charge in [-0.25, -0.2) is 9.79 Å². The van der Waals surface area contributed by atoms with E-state index in [0.29, 0.717) is 0 Å². The number of guanidine groups is 1. The van der Waals surface area contributed by atoms with Crippen LogP contribution in [0, 0.1) is 0 Å². The Morgan fingerprint density at radius 3 is 2.60 bits per heavy atom. The molecule has 1 spiro atoms. The lowest BCUT2D eigenvalue weighted by Crippen LogP contribution is -2.50. The number of rotatable bonds is 1. The summed E-state index contributed by atoms with van der Waals surface area (Å²) in [4.78, 5) is 28.7. The lowest BCUT2D eigenvalue weighted by Gasteiger charge is -2.33. The van der Waals surface area contributed by atoms with E-state index < -0.39 is 23.4 Å². The molecule has 1 aromatic rings. The van der Waals surface area contributed by atoms with E-state index in [-0.39, 0.29) is 43.5 Å². The molecule has 134 valence electrons. The first-order chi connectivity index (χ1) is 11.7. The van der Waals surface area contributed by atoms with E-state index in [4.69, 9.17) is 5.11 Å². The van der Waals surface area contributed by atoms with E-state index in [0.717, 1.165) is 12.1 Å². The number of alkyl halides is 3. The predicted octanol–water partition coefficient (Wildman–Crippen LogP) is 2.12. The Balaban J connectivity index is 1.75. The molecule has 3 rings (SSSR count). The average molecular weight is 356 g/mol. The van der Waals surface area contributed by atoms with Crippen molar-refractivity contribution in [2.45, 2.75) is 24.6 Å². The van der Waals surface area contributed by atoms with Crippen LogP contribution < -0.4 is 10.6 Å². The molecular weight excluding hydrogens is 341 g/mol. The zero-order valence-electron chi connectivity index (χ0n) is 12.9. The van der Waals surface area contributed by atoms with Gasteiger partial charge in [0.1, 0.15) is 5.54 Å². The SMILES string of the molecule is O=C(O)N1CCC2(CC1)N=C(Nc1cccc(C(F)(F)F)c1)NC2=O. The summed E-state index contributed by atoms with van der Waals surface area (Å²) < 4.78 is 38.3. The van der Waals surface area contributed by atoms with Crippen LogP contribution in [0.2, 0.25) is 0 Å². The Labute approximate surface area is 140 Å². The summed E-state index contributed by atoms with van der Waals surface area (Å²) in [6, 6.07) is 4.56. The third-order valence-corrected chi connectivity index (χ3v) is 4.29. The minimum Gasteiger partial charge on any atom is -0.465 e. The highest BCUT2D eigenvalue weighted by Crippen LogP contribution is 2.32. The average Bonchev–Trinajstić information content (AvgIpc) is 2.82. The molecule has 0 unspecified atom stereocenters. The number of nitrogens with one attached hydrogen (secondary N) is 2. The third-order valence-electron chi connectivity index (χ3n) is 4.29. The second-order valence-corrected chi connectivity index (χ2v) is 5.92. The molecule has 3 N–H and O–H groups in total. The van der Waals surface area contributed by atoms with E-state index >= 15 is 0 Å². The minimum absolute atomic E-state index is 0.0631. The molecule has 7 nitrogen and oxygen atoms in total. The standard InChI is InChI=1S/C15H15F3N4O3/c16-15(17,18)9-2-1-3-10(8-9)19-12-20-11(23)14(21-12)4-6-22(7-5-14)13(24)25/h1-3,8H,4-7H2,(H,24,25)(H2,19,20,21,23). The van der Waals surface area contributed by atoms with E-state index in [1.807, 2.05) is 0 Å². The number of benzene rings is 1. The van der Waals surface area contributed by atoms with Gasteiger partial charge in [0.25, 0.3) is 5.91 Å². The van der Waals surface area contributed by atoms with Crippen molar-refractivity contribution in [3.8, 4) is 0 Å². The summed E-state index contributed by atoms with van der Waals surface area (Å²) in [5.41, 5.74) is -1.74. The Morgan fingerprint density at radius 1 is 1.32 bits per heavy atom. The molecule has 25 heavy (non-hydrogen) atoms. The predicted molar refractivity (Wildman–Crippen MR) is 82.2 cm³/mol. The Kier molecular flexibility index (Phi) is 4.05. The largest absolute Gasteiger partial charge is 0.465 e. The topological polar surface area (TPSA) is 94.0 Å². The summed E-state index contributed by atoms with van der Waals surface area (Å²) >= 11 is 0. The monoisotopic (exact) mass is 356 g/mol. The molecule has 1 saturated heterocycles. The summed E-state index contributed by atoms with van der Waals surface area (Å²) in [5.74, 6) is -0.319. The molecule has 0 atom stereocenters. The number of aliphatic imine (C=N–C) groups is 1. The lowest BCUT2D eigenvalue weighted by molar-refractivity contribution is -0.137. The molecule has 0 saturated carbocycles. The number of nitrogens with zero attached hydrogens (tertiary/aromatic N) is 2.